The Morgan fingerprint density at radius 1 is 1.43 bits per heavy atom. The molecule has 0 saturated carbocycles. The van der Waals surface area contributed by atoms with Crippen LogP contribution in [0.5, 0.6) is 0 Å². The second-order valence-electron chi connectivity index (χ2n) is 5.49. The van der Waals surface area contributed by atoms with Crippen LogP contribution in [0.4, 0.5) is 0 Å². The lowest BCUT2D eigenvalue weighted by molar-refractivity contribution is -0.778. The standard InChI is InChI=1S/C12H22N3O4S.ClH/c1-4-19-10(17)12(13,9(2)16)11(14-18)5-7-15(3,20)8-6-11;/h20H,4-8,13H2,1-3H3;1H/q+1;/p-1. The average Bonchev–Trinajstić information content (AvgIpc) is 2.38. The molecule has 0 spiro atoms. The quantitative estimate of drug-likeness (QED) is 0.189. The summed E-state index contributed by atoms with van der Waals surface area (Å²) in [5, 5.41) is 3.10. The van der Waals surface area contributed by atoms with Gasteiger partial charge in [-0.3, -0.25) is 8.68 Å². The second-order valence-corrected chi connectivity index (χ2v) is 6.46. The van der Waals surface area contributed by atoms with Gasteiger partial charge in [-0.15, -0.1) is 0 Å². The number of hydrogen-bond acceptors (Lipinski definition) is 7. The molecule has 2 N–H and O–H groups in total. The van der Waals surface area contributed by atoms with Crippen molar-refractivity contribution in [3.63, 3.8) is 0 Å². The Labute approximate surface area is 136 Å². The van der Waals surface area contributed by atoms with Gasteiger partial charge >= 0.3 is 5.97 Å². The number of carbonyl (C=O) groups excluding carboxylic acids is 2. The van der Waals surface area contributed by atoms with Crippen LogP contribution in [0.1, 0.15) is 26.7 Å². The number of esters is 1. The molecule has 21 heavy (non-hydrogen) atoms. The van der Waals surface area contributed by atoms with E-state index in [9.17, 15) is 14.5 Å². The minimum absolute atomic E-state index is 0. The van der Waals surface area contributed by atoms with Gasteiger partial charge in [0, 0.05) is 12.8 Å². The van der Waals surface area contributed by atoms with Crippen molar-refractivity contribution < 1.29 is 30.6 Å². The lowest BCUT2D eigenvalue weighted by atomic mass is 9.69. The molecule has 0 aromatic carbocycles. The Bertz CT molecular complexity index is 423. The van der Waals surface area contributed by atoms with E-state index >= 15 is 0 Å². The molecule has 1 atom stereocenters. The summed E-state index contributed by atoms with van der Waals surface area (Å²) in [5.41, 5.74) is 2.53. The minimum atomic E-state index is -2.03. The third-order valence-corrected chi connectivity index (χ3v) is 4.48. The molecule has 1 saturated heterocycles. The fourth-order valence-corrected chi connectivity index (χ4v) is 2.75. The first-order chi connectivity index (χ1) is 9.15. The van der Waals surface area contributed by atoms with E-state index in [1.807, 2.05) is 7.05 Å². The molecule has 122 valence electrons. The van der Waals surface area contributed by atoms with Crippen LogP contribution in [0, 0.1) is 4.91 Å². The highest BCUT2D eigenvalue weighted by molar-refractivity contribution is 7.74. The largest absolute Gasteiger partial charge is 1.00 e. The molecule has 0 amide bonds. The highest BCUT2D eigenvalue weighted by Gasteiger charge is 2.62. The van der Waals surface area contributed by atoms with Gasteiger partial charge in [0.2, 0.25) is 5.54 Å². The summed E-state index contributed by atoms with van der Waals surface area (Å²) in [5.74, 6) is -1.49. The van der Waals surface area contributed by atoms with Crippen LogP contribution in [-0.4, -0.2) is 53.5 Å². The summed E-state index contributed by atoms with van der Waals surface area (Å²) in [7, 11) is 1.88. The molecule has 1 fully saturated rings. The van der Waals surface area contributed by atoms with Gasteiger partial charge in [-0.05, 0) is 13.8 Å². The maximum atomic E-state index is 12.1. The third-order valence-electron chi connectivity index (χ3n) is 4.08. The fraction of sp³-hybridized carbons (Fsp3) is 0.833. The van der Waals surface area contributed by atoms with Crippen molar-refractivity contribution in [2.45, 2.75) is 37.8 Å². The molecule has 0 aliphatic carbocycles. The van der Waals surface area contributed by atoms with Crippen molar-refractivity contribution in [3.05, 3.63) is 4.91 Å². The fourth-order valence-electron chi connectivity index (χ4n) is 2.55. The van der Waals surface area contributed by atoms with Crippen LogP contribution in [0.15, 0.2) is 5.18 Å². The number of quaternary nitrogens is 1. The van der Waals surface area contributed by atoms with Crippen LogP contribution in [0.3, 0.4) is 0 Å². The van der Waals surface area contributed by atoms with E-state index in [1.54, 1.807) is 6.92 Å². The number of thiol groups is 1. The molecule has 0 aromatic rings. The molecule has 7 nitrogen and oxygen atoms in total. The van der Waals surface area contributed by atoms with Crippen LogP contribution in [0.25, 0.3) is 0 Å². The minimum Gasteiger partial charge on any atom is -1.00 e. The zero-order valence-corrected chi connectivity index (χ0v) is 14.1. The highest BCUT2D eigenvalue weighted by atomic mass is 35.5. The summed E-state index contributed by atoms with van der Waals surface area (Å²) in [4.78, 5) is 35.5. The van der Waals surface area contributed by atoms with E-state index < -0.39 is 22.8 Å². The number of rotatable bonds is 5. The summed E-state index contributed by atoms with van der Waals surface area (Å²) in [6, 6.07) is 0. The van der Waals surface area contributed by atoms with Crippen molar-refractivity contribution in [1.29, 1.82) is 0 Å². The monoisotopic (exact) mass is 339 g/mol. The van der Waals surface area contributed by atoms with Crippen LogP contribution >= 0.6 is 12.8 Å². The Morgan fingerprint density at radius 2 is 1.90 bits per heavy atom. The van der Waals surface area contributed by atoms with Gasteiger partial charge in [0.15, 0.2) is 5.78 Å². The molecule has 1 heterocycles. The van der Waals surface area contributed by atoms with Crippen molar-refractivity contribution in [3.8, 4) is 0 Å². The van der Waals surface area contributed by atoms with E-state index in [1.165, 1.54) is 6.92 Å². The molecule has 1 rings (SSSR count). The number of hydrogen-bond donors (Lipinski definition) is 2. The van der Waals surface area contributed by atoms with Gasteiger partial charge in [-0.25, -0.2) is 4.79 Å². The summed E-state index contributed by atoms with van der Waals surface area (Å²) >= 11 is 4.43. The van der Waals surface area contributed by atoms with Crippen molar-refractivity contribution in [1.82, 2.24) is 0 Å². The van der Waals surface area contributed by atoms with E-state index in [0.29, 0.717) is 17.0 Å². The average molecular weight is 340 g/mol. The first kappa shape index (κ1) is 20.3. The summed E-state index contributed by atoms with van der Waals surface area (Å²) in [6.07, 6.45) is 0.427. The number of ether oxygens (including phenoxy) is 1. The van der Waals surface area contributed by atoms with E-state index in [4.69, 9.17) is 10.5 Å². The molecule has 0 bridgehead atoms. The van der Waals surface area contributed by atoms with Crippen molar-refractivity contribution >= 4 is 24.6 Å². The number of nitrogens with zero attached hydrogens (tertiary/aromatic N) is 2. The predicted octanol–water partition coefficient (Wildman–Crippen LogP) is -2.57. The summed E-state index contributed by atoms with van der Waals surface area (Å²) in [6.45, 7) is 3.86. The van der Waals surface area contributed by atoms with Gasteiger partial charge in [0.25, 0.3) is 0 Å². The zero-order chi connectivity index (χ0) is 15.6. The molecule has 0 aromatic heterocycles. The highest BCUT2D eigenvalue weighted by Crippen LogP contribution is 2.39. The third kappa shape index (κ3) is 3.56. The first-order valence-corrected chi connectivity index (χ1v) is 6.94. The molecule has 0 radical (unpaired) electrons. The predicted molar refractivity (Wildman–Crippen MR) is 76.9 cm³/mol. The van der Waals surface area contributed by atoms with Gasteiger partial charge < -0.3 is 22.9 Å². The van der Waals surface area contributed by atoms with Gasteiger partial charge in [0.1, 0.15) is 5.54 Å². The van der Waals surface area contributed by atoms with Crippen molar-refractivity contribution in [2.75, 3.05) is 26.7 Å². The Balaban J connectivity index is 0.00000400. The van der Waals surface area contributed by atoms with E-state index in [2.05, 4.69) is 18.0 Å². The van der Waals surface area contributed by atoms with Crippen molar-refractivity contribution in [2.24, 2.45) is 10.9 Å². The smallest absolute Gasteiger partial charge is 0.336 e. The number of nitroso groups, excluding NO2 is 1. The number of halogens is 1. The maximum absolute atomic E-state index is 12.1. The van der Waals surface area contributed by atoms with E-state index in [-0.39, 0.29) is 31.9 Å². The lowest BCUT2D eigenvalue weighted by Gasteiger charge is -2.45. The van der Waals surface area contributed by atoms with Gasteiger partial charge in [0.05, 0.1) is 39.6 Å². The molecule has 9 heteroatoms. The first-order valence-electron chi connectivity index (χ1n) is 6.54. The number of carbonyl (C=O) groups is 2. The maximum Gasteiger partial charge on any atom is 0.336 e. The zero-order valence-electron chi connectivity index (χ0n) is 12.5. The molecule has 1 aliphatic rings. The van der Waals surface area contributed by atoms with Gasteiger partial charge in [-0.2, -0.15) is 4.91 Å². The number of piperidine rings is 1. The summed E-state index contributed by atoms with van der Waals surface area (Å²) < 4.78 is 5.29. The second kappa shape index (κ2) is 7.04. The van der Waals surface area contributed by atoms with Crippen LogP contribution in [0.2, 0.25) is 0 Å². The number of Topliss-reactive ketones (excluding diaryl/α,β-unsaturated/α-hetero) is 1. The lowest BCUT2D eigenvalue weighted by Crippen LogP contribution is -3.00. The van der Waals surface area contributed by atoms with Gasteiger partial charge in [-0.1, -0.05) is 5.18 Å². The number of ketones is 1. The van der Waals surface area contributed by atoms with Crippen LogP contribution < -0.4 is 18.1 Å². The Kier molecular flexibility index (Phi) is 6.81. The molecular formula is C12H22ClN3O4S. The topological polar surface area (TPSA) is 98.8 Å². The van der Waals surface area contributed by atoms with E-state index in [0.717, 1.165) is 0 Å². The molecule has 1 aliphatic heterocycles. The number of likely N-dealkylation sites (tertiary alicyclic amines) is 1. The Hall–Kier alpha value is -0.700. The molecular weight excluding hydrogens is 318 g/mol. The number of nitrogens with two attached hydrogens (primary N) is 1. The SMILES string of the molecule is CCOC(=O)C(N)(C(C)=O)C1(N=O)CC[N+](C)(S)CC1.[Cl-]. The Morgan fingerprint density at radius 3 is 2.24 bits per heavy atom. The van der Waals surface area contributed by atoms with Crippen LogP contribution in [-0.2, 0) is 14.3 Å². The molecule has 1 unspecified atom stereocenters. The normalized spacial score (nSPS) is 31.5.